The predicted molar refractivity (Wildman–Crippen MR) is 75.5 cm³/mol. The molecule has 2 rings (SSSR count). The van der Waals surface area contributed by atoms with Crippen molar-refractivity contribution in [3.8, 4) is 0 Å². The van der Waals surface area contributed by atoms with Crippen LogP contribution in [0.25, 0.3) is 0 Å². The SMILES string of the molecule is Cc1ccc2c(n1)CCCN(C(=O)C(N)C(C)C)C2. The second kappa shape index (κ2) is 5.70. The van der Waals surface area contributed by atoms with Crippen LogP contribution in [0.1, 0.15) is 37.2 Å². The number of nitrogens with zero attached hydrogens (tertiary/aromatic N) is 2. The summed E-state index contributed by atoms with van der Waals surface area (Å²) in [6, 6.07) is 3.69. The van der Waals surface area contributed by atoms with E-state index in [-0.39, 0.29) is 11.8 Å². The first-order valence-corrected chi connectivity index (χ1v) is 6.99. The van der Waals surface area contributed by atoms with Crippen LogP contribution in [0.15, 0.2) is 12.1 Å². The molecule has 0 radical (unpaired) electrons. The van der Waals surface area contributed by atoms with E-state index in [1.165, 1.54) is 0 Å². The smallest absolute Gasteiger partial charge is 0.240 e. The van der Waals surface area contributed by atoms with Gasteiger partial charge in [0, 0.05) is 24.5 Å². The molecule has 104 valence electrons. The molecule has 1 atom stereocenters. The van der Waals surface area contributed by atoms with Crippen molar-refractivity contribution in [1.82, 2.24) is 9.88 Å². The number of fused-ring (bicyclic) bond motifs is 1. The molecule has 1 unspecified atom stereocenters. The quantitative estimate of drug-likeness (QED) is 0.880. The first kappa shape index (κ1) is 14.0. The molecule has 2 heterocycles. The van der Waals surface area contributed by atoms with E-state index in [9.17, 15) is 4.79 Å². The number of nitrogens with two attached hydrogens (primary N) is 1. The van der Waals surface area contributed by atoms with E-state index in [2.05, 4.69) is 11.1 Å². The summed E-state index contributed by atoms with van der Waals surface area (Å²) < 4.78 is 0. The summed E-state index contributed by atoms with van der Waals surface area (Å²) in [6.07, 6.45) is 1.90. The lowest BCUT2D eigenvalue weighted by Gasteiger charge is -2.26. The highest BCUT2D eigenvalue weighted by atomic mass is 16.2. The number of carbonyl (C=O) groups is 1. The fourth-order valence-corrected chi connectivity index (χ4v) is 2.41. The van der Waals surface area contributed by atoms with Crippen molar-refractivity contribution in [2.45, 2.75) is 46.2 Å². The van der Waals surface area contributed by atoms with E-state index in [4.69, 9.17) is 5.73 Å². The second-order valence-electron chi connectivity index (χ2n) is 5.69. The number of hydrogen-bond acceptors (Lipinski definition) is 3. The topological polar surface area (TPSA) is 59.2 Å². The molecule has 0 saturated heterocycles. The molecule has 0 fully saturated rings. The maximum Gasteiger partial charge on any atom is 0.240 e. The minimum Gasteiger partial charge on any atom is -0.337 e. The van der Waals surface area contributed by atoms with Gasteiger partial charge in [0.2, 0.25) is 5.91 Å². The number of amides is 1. The van der Waals surface area contributed by atoms with Crippen LogP contribution < -0.4 is 5.73 Å². The number of aromatic nitrogens is 1. The van der Waals surface area contributed by atoms with Gasteiger partial charge in [-0.1, -0.05) is 19.9 Å². The Morgan fingerprint density at radius 2 is 2.16 bits per heavy atom. The normalized spacial score (nSPS) is 17.0. The first-order chi connectivity index (χ1) is 8.99. The van der Waals surface area contributed by atoms with Crippen molar-refractivity contribution < 1.29 is 4.79 Å². The third-order valence-electron chi connectivity index (χ3n) is 3.73. The minimum atomic E-state index is -0.403. The van der Waals surface area contributed by atoms with E-state index in [0.717, 1.165) is 36.3 Å². The number of carbonyl (C=O) groups excluding carboxylic acids is 1. The third-order valence-corrected chi connectivity index (χ3v) is 3.73. The molecule has 19 heavy (non-hydrogen) atoms. The molecule has 0 aromatic carbocycles. The van der Waals surface area contributed by atoms with Gasteiger partial charge in [-0.2, -0.15) is 0 Å². The van der Waals surface area contributed by atoms with Crippen LogP contribution in [0.4, 0.5) is 0 Å². The van der Waals surface area contributed by atoms with E-state index in [1.807, 2.05) is 31.7 Å². The lowest BCUT2D eigenvalue weighted by molar-refractivity contribution is -0.134. The molecule has 0 aliphatic carbocycles. The zero-order valence-electron chi connectivity index (χ0n) is 12.0. The van der Waals surface area contributed by atoms with Crippen LogP contribution >= 0.6 is 0 Å². The van der Waals surface area contributed by atoms with E-state index < -0.39 is 6.04 Å². The van der Waals surface area contributed by atoms with Crippen LogP contribution in [0.2, 0.25) is 0 Å². The van der Waals surface area contributed by atoms with Gasteiger partial charge in [-0.05, 0) is 37.3 Å². The van der Waals surface area contributed by atoms with Gasteiger partial charge in [0.1, 0.15) is 0 Å². The Labute approximate surface area is 115 Å². The molecule has 0 bridgehead atoms. The summed E-state index contributed by atoms with van der Waals surface area (Å²) in [5.74, 6) is 0.231. The van der Waals surface area contributed by atoms with Gasteiger partial charge >= 0.3 is 0 Å². The highest BCUT2D eigenvalue weighted by Gasteiger charge is 2.25. The maximum atomic E-state index is 12.3. The Morgan fingerprint density at radius 3 is 2.84 bits per heavy atom. The van der Waals surface area contributed by atoms with Crippen molar-refractivity contribution in [2.24, 2.45) is 11.7 Å². The largest absolute Gasteiger partial charge is 0.337 e. The third kappa shape index (κ3) is 3.13. The number of rotatable bonds is 2. The Hall–Kier alpha value is -1.42. The fraction of sp³-hybridized carbons (Fsp3) is 0.600. The Balaban J connectivity index is 2.18. The summed E-state index contributed by atoms with van der Waals surface area (Å²) in [5, 5.41) is 0. The zero-order chi connectivity index (χ0) is 14.0. The van der Waals surface area contributed by atoms with Crippen LogP contribution in [0.3, 0.4) is 0 Å². The van der Waals surface area contributed by atoms with Crippen LogP contribution in [0.5, 0.6) is 0 Å². The number of aryl methyl sites for hydroxylation is 2. The van der Waals surface area contributed by atoms with Crippen molar-refractivity contribution in [2.75, 3.05) is 6.54 Å². The summed E-state index contributed by atoms with van der Waals surface area (Å²) in [4.78, 5) is 18.8. The molecule has 4 heteroatoms. The number of hydrogen-bond donors (Lipinski definition) is 1. The highest BCUT2D eigenvalue weighted by molar-refractivity contribution is 5.82. The molecule has 1 amide bonds. The summed E-state index contributed by atoms with van der Waals surface area (Å²) >= 11 is 0. The zero-order valence-corrected chi connectivity index (χ0v) is 12.0. The molecule has 1 aliphatic heterocycles. The van der Waals surface area contributed by atoms with Gasteiger partial charge in [-0.3, -0.25) is 9.78 Å². The van der Waals surface area contributed by atoms with Gasteiger partial charge in [-0.25, -0.2) is 0 Å². The maximum absolute atomic E-state index is 12.3. The molecule has 1 aromatic heterocycles. The van der Waals surface area contributed by atoms with Crippen molar-refractivity contribution in [1.29, 1.82) is 0 Å². The predicted octanol–water partition coefficient (Wildman–Crippen LogP) is 1.65. The fourth-order valence-electron chi connectivity index (χ4n) is 2.41. The molecule has 4 nitrogen and oxygen atoms in total. The molecular weight excluding hydrogens is 238 g/mol. The average molecular weight is 261 g/mol. The lowest BCUT2D eigenvalue weighted by atomic mass is 10.0. The Morgan fingerprint density at radius 1 is 1.42 bits per heavy atom. The summed E-state index contributed by atoms with van der Waals surface area (Å²) in [6.45, 7) is 7.39. The summed E-state index contributed by atoms with van der Waals surface area (Å²) in [7, 11) is 0. The Kier molecular flexibility index (Phi) is 4.20. The van der Waals surface area contributed by atoms with E-state index in [0.29, 0.717) is 6.54 Å². The minimum absolute atomic E-state index is 0.0587. The summed E-state index contributed by atoms with van der Waals surface area (Å²) in [5.41, 5.74) is 9.31. The van der Waals surface area contributed by atoms with Crippen molar-refractivity contribution >= 4 is 5.91 Å². The Bertz CT molecular complexity index is 470. The molecule has 1 aromatic rings. The molecule has 1 aliphatic rings. The van der Waals surface area contributed by atoms with Gasteiger partial charge < -0.3 is 10.6 Å². The van der Waals surface area contributed by atoms with Gasteiger partial charge in [0.05, 0.1) is 6.04 Å². The van der Waals surface area contributed by atoms with Crippen LogP contribution in [-0.4, -0.2) is 28.4 Å². The average Bonchev–Trinajstić information content (AvgIpc) is 2.58. The standard InChI is InChI=1S/C15H23N3O/c1-10(2)14(16)15(19)18-8-4-5-13-12(9-18)7-6-11(3)17-13/h6-7,10,14H,4-5,8-9,16H2,1-3H3. The monoisotopic (exact) mass is 261 g/mol. The second-order valence-corrected chi connectivity index (χ2v) is 5.69. The van der Waals surface area contributed by atoms with E-state index in [1.54, 1.807) is 0 Å². The van der Waals surface area contributed by atoms with Crippen LogP contribution in [-0.2, 0) is 17.8 Å². The van der Waals surface area contributed by atoms with E-state index >= 15 is 0 Å². The number of pyridine rings is 1. The van der Waals surface area contributed by atoms with Crippen molar-refractivity contribution in [3.05, 3.63) is 29.1 Å². The van der Waals surface area contributed by atoms with Crippen molar-refractivity contribution in [3.63, 3.8) is 0 Å². The van der Waals surface area contributed by atoms with Gasteiger partial charge in [-0.15, -0.1) is 0 Å². The molecule has 0 spiro atoms. The molecule has 2 N–H and O–H groups in total. The molecule has 0 saturated carbocycles. The van der Waals surface area contributed by atoms with Crippen LogP contribution in [0, 0.1) is 12.8 Å². The first-order valence-electron chi connectivity index (χ1n) is 6.99. The lowest BCUT2D eigenvalue weighted by Crippen LogP contribution is -2.46. The highest BCUT2D eigenvalue weighted by Crippen LogP contribution is 2.18. The van der Waals surface area contributed by atoms with Gasteiger partial charge in [0.25, 0.3) is 0 Å². The molecular formula is C15H23N3O. The van der Waals surface area contributed by atoms with Gasteiger partial charge in [0.15, 0.2) is 0 Å².